The monoisotopic (exact) mass is 389 g/mol. The maximum atomic E-state index is 14.7. The van der Waals surface area contributed by atoms with Crippen LogP contribution in [0.5, 0.6) is 0 Å². The fraction of sp³-hybridized carbons (Fsp3) is 0.222. The van der Waals surface area contributed by atoms with Crippen LogP contribution in [0.2, 0.25) is 0 Å². The molecule has 0 saturated carbocycles. The van der Waals surface area contributed by atoms with Crippen LogP contribution < -0.4 is 15.4 Å². The van der Waals surface area contributed by atoms with Crippen LogP contribution in [0.1, 0.15) is 17.5 Å². The first-order valence-corrected chi connectivity index (χ1v) is 9.77. The van der Waals surface area contributed by atoms with Crippen molar-refractivity contribution in [3.05, 3.63) is 53.3 Å². The number of hydrogen-bond donors (Lipinski definition) is 2. The van der Waals surface area contributed by atoms with Gasteiger partial charge in [-0.15, -0.1) is 0 Å². The van der Waals surface area contributed by atoms with Crippen molar-refractivity contribution in [3.8, 4) is 0 Å². The lowest BCUT2D eigenvalue weighted by Crippen LogP contribution is -2.46. The second-order valence-electron chi connectivity index (χ2n) is 6.54. The van der Waals surface area contributed by atoms with Crippen molar-refractivity contribution in [2.24, 2.45) is 5.73 Å². The van der Waals surface area contributed by atoms with E-state index < -0.39 is 32.7 Å². The number of carbonyl (C=O) groups excluding carboxylic acids is 2. The zero-order chi connectivity index (χ0) is 19.3. The number of rotatable bonds is 3. The number of nitrogens with one attached hydrogen (secondary N) is 1. The van der Waals surface area contributed by atoms with Gasteiger partial charge in [-0.25, -0.2) is 12.8 Å². The van der Waals surface area contributed by atoms with Gasteiger partial charge in [-0.2, -0.15) is 0 Å². The Balaban J connectivity index is 1.86. The van der Waals surface area contributed by atoms with Gasteiger partial charge < -0.3 is 11.1 Å². The van der Waals surface area contributed by atoms with Crippen LogP contribution in [-0.2, 0) is 32.5 Å². The molecule has 2 aliphatic heterocycles. The number of para-hydroxylation sites is 1. The molecule has 0 fully saturated rings. The summed E-state index contributed by atoms with van der Waals surface area (Å²) in [7, 11) is -4.38. The minimum atomic E-state index is -4.38. The molecule has 0 spiro atoms. The Labute approximate surface area is 155 Å². The van der Waals surface area contributed by atoms with Crippen molar-refractivity contribution in [2.75, 3.05) is 9.62 Å². The first-order chi connectivity index (χ1) is 12.8. The molecule has 7 nitrogen and oxygen atoms in total. The van der Waals surface area contributed by atoms with Crippen molar-refractivity contribution in [1.29, 1.82) is 0 Å². The number of nitrogens with zero attached hydrogens (tertiary/aromatic N) is 1. The number of benzene rings is 2. The maximum absolute atomic E-state index is 14.7. The highest BCUT2D eigenvalue weighted by Crippen LogP contribution is 2.38. The molecule has 1 atom stereocenters. The van der Waals surface area contributed by atoms with Gasteiger partial charge >= 0.3 is 0 Å². The highest BCUT2D eigenvalue weighted by atomic mass is 32.2. The molecule has 0 bridgehead atoms. The summed E-state index contributed by atoms with van der Waals surface area (Å²) in [6.07, 6.45) is 0.627. The third-order valence-electron chi connectivity index (χ3n) is 4.84. The average Bonchev–Trinajstić information content (AvgIpc) is 3.01. The number of carbonyl (C=O) groups is 2. The predicted octanol–water partition coefficient (Wildman–Crippen LogP) is 1.32. The van der Waals surface area contributed by atoms with Crippen molar-refractivity contribution >= 4 is 33.2 Å². The number of nitrogens with two attached hydrogens (primary N) is 1. The van der Waals surface area contributed by atoms with Crippen molar-refractivity contribution in [1.82, 2.24) is 0 Å². The molecule has 2 heterocycles. The Morgan fingerprint density at radius 3 is 2.67 bits per heavy atom. The standard InChI is InChI=1S/C18H16FN3O4S/c19-12-9-13-10(5-6-17(23)21-13)8-16(12)27(25,26)22-14-4-2-1-3-11(14)7-15(22)18(20)24/h1-4,8-9,15H,5-7H2,(H2,20,24)(H,21,23)/t15-/m0/s1. The van der Waals surface area contributed by atoms with E-state index in [9.17, 15) is 22.4 Å². The second-order valence-corrected chi connectivity index (χ2v) is 8.32. The SMILES string of the molecule is NC(=O)[C@@H]1Cc2ccccc2N1S(=O)(=O)c1cc2c(cc1F)NC(=O)CC2. The Morgan fingerprint density at radius 1 is 1.19 bits per heavy atom. The third-order valence-corrected chi connectivity index (χ3v) is 6.68. The lowest BCUT2D eigenvalue weighted by atomic mass is 10.0. The molecule has 2 aromatic carbocycles. The summed E-state index contributed by atoms with van der Waals surface area (Å²) in [5.41, 5.74) is 7.17. The highest BCUT2D eigenvalue weighted by molar-refractivity contribution is 7.93. The van der Waals surface area contributed by atoms with Gasteiger partial charge in [0, 0.05) is 18.5 Å². The molecule has 0 saturated heterocycles. The molecule has 0 aliphatic carbocycles. The first kappa shape index (κ1) is 17.5. The lowest BCUT2D eigenvalue weighted by molar-refractivity contribution is -0.119. The van der Waals surface area contributed by atoms with Crippen LogP contribution in [0.25, 0.3) is 0 Å². The molecule has 2 aliphatic rings. The van der Waals surface area contributed by atoms with Gasteiger partial charge in [-0.3, -0.25) is 13.9 Å². The van der Waals surface area contributed by atoms with Gasteiger partial charge in [0.25, 0.3) is 10.0 Å². The van der Waals surface area contributed by atoms with Crippen LogP contribution >= 0.6 is 0 Å². The molecule has 0 unspecified atom stereocenters. The van der Waals surface area contributed by atoms with E-state index in [4.69, 9.17) is 5.73 Å². The summed E-state index contributed by atoms with van der Waals surface area (Å²) < 4.78 is 42.1. The number of halogens is 1. The van der Waals surface area contributed by atoms with Crippen LogP contribution in [0.15, 0.2) is 41.3 Å². The molecular weight excluding hydrogens is 373 g/mol. The van der Waals surface area contributed by atoms with E-state index in [1.54, 1.807) is 24.3 Å². The van der Waals surface area contributed by atoms with Gasteiger partial charge in [0.15, 0.2) is 0 Å². The molecule has 0 aromatic heterocycles. The van der Waals surface area contributed by atoms with E-state index in [0.29, 0.717) is 23.2 Å². The van der Waals surface area contributed by atoms with E-state index in [-0.39, 0.29) is 24.4 Å². The summed E-state index contributed by atoms with van der Waals surface area (Å²) >= 11 is 0. The minimum Gasteiger partial charge on any atom is -0.368 e. The van der Waals surface area contributed by atoms with E-state index in [1.807, 2.05) is 0 Å². The van der Waals surface area contributed by atoms with E-state index in [0.717, 1.165) is 10.4 Å². The molecule has 2 amide bonds. The lowest BCUT2D eigenvalue weighted by Gasteiger charge is -2.26. The van der Waals surface area contributed by atoms with E-state index in [2.05, 4.69) is 5.32 Å². The highest BCUT2D eigenvalue weighted by Gasteiger charge is 2.42. The zero-order valence-corrected chi connectivity index (χ0v) is 14.9. The van der Waals surface area contributed by atoms with Gasteiger partial charge in [-0.1, -0.05) is 18.2 Å². The van der Waals surface area contributed by atoms with Crippen LogP contribution in [0, 0.1) is 5.82 Å². The molecule has 9 heteroatoms. The Hall–Kier alpha value is -2.94. The molecule has 0 radical (unpaired) electrons. The van der Waals surface area contributed by atoms with E-state index >= 15 is 0 Å². The first-order valence-electron chi connectivity index (χ1n) is 8.33. The zero-order valence-electron chi connectivity index (χ0n) is 14.1. The Bertz CT molecular complexity index is 1080. The topological polar surface area (TPSA) is 110 Å². The largest absolute Gasteiger partial charge is 0.368 e. The summed E-state index contributed by atoms with van der Waals surface area (Å²) in [5.74, 6) is -2.05. The maximum Gasteiger partial charge on any atom is 0.268 e. The van der Waals surface area contributed by atoms with Crippen molar-refractivity contribution in [3.63, 3.8) is 0 Å². The number of aryl methyl sites for hydroxylation is 1. The van der Waals surface area contributed by atoms with Gasteiger partial charge in [0.2, 0.25) is 11.8 Å². The number of fused-ring (bicyclic) bond motifs is 2. The predicted molar refractivity (Wildman–Crippen MR) is 96.1 cm³/mol. The smallest absolute Gasteiger partial charge is 0.268 e. The second kappa shape index (κ2) is 6.05. The van der Waals surface area contributed by atoms with Crippen molar-refractivity contribution < 1.29 is 22.4 Å². The summed E-state index contributed by atoms with van der Waals surface area (Å²) in [4.78, 5) is 22.8. The van der Waals surface area contributed by atoms with Crippen LogP contribution in [0.4, 0.5) is 15.8 Å². The number of hydrogen-bond acceptors (Lipinski definition) is 4. The van der Waals surface area contributed by atoms with Gasteiger partial charge in [0.1, 0.15) is 16.8 Å². The summed E-state index contributed by atoms with van der Waals surface area (Å²) in [6, 6.07) is 7.74. The molecule has 140 valence electrons. The average molecular weight is 389 g/mol. The number of primary amides is 1. The Morgan fingerprint density at radius 2 is 1.93 bits per heavy atom. The fourth-order valence-electron chi connectivity index (χ4n) is 3.55. The molecular formula is C18H16FN3O4S. The number of sulfonamides is 1. The molecule has 3 N–H and O–H groups in total. The molecule has 4 rings (SSSR count). The van der Waals surface area contributed by atoms with Gasteiger partial charge in [0.05, 0.1) is 5.69 Å². The fourth-order valence-corrected chi connectivity index (χ4v) is 5.31. The molecule has 2 aromatic rings. The van der Waals surface area contributed by atoms with Gasteiger partial charge in [-0.05, 0) is 35.7 Å². The quantitative estimate of drug-likeness (QED) is 0.825. The minimum absolute atomic E-state index is 0.132. The number of anilines is 2. The summed E-state index contributed by atoms with van der Waals surface area (Å²) in [5, 5.41) is 2.53. The molecule has 27 heavy (non-hydrogen) atoms. The third kappa shape index (κ3) is 2.74. The van der Waals surface area contributed by atoms with Crippen LogP contribution in [0.3, 0.4) is 0 Å². The van der Waals surface area contributed by atoms with Crippen molar-refractivity contribution in [2.45, 2.75) is 30.2 Å². The van der Waals surface area contributed by atoms with E-state index in [1.165, 1.54) is 6.07 Å². The number of amides is 2. The van der Waals surface area contributed by atoms with Crippen LogP contribution in [-0.4, -0.2) is 26.3 Å². The Kier molecular flexibility index (Phi) is 3.92. The summed E-state index contributed by atoms with van der Waals surface area (Å²) in [6.45, 7) is 0. The normalized spacial score (nSPS) is 18.6.